The summed E-state index contributed by atoms with van der Waals surface area (Å²) in [7, 11) is 0. The van der Waals surface area contributed by atoms with Crippen LogP contribution in [0.25, 0.3) is 5.57 Å². The van der Waals surface area contributed by atoms with Gasteiger partial charge >= 0.3 is 0 Å². The van der Waals surface area contributed by atoms with Crippen LogP contribution in [0.4, 0.5) is 8.78 Å². The Morgan fingerprint density at radius 3 is 2.12 bits per heavy atom. The summed E-state index contributed by atoms with van der Waals surface area (Å²) in [6, 6.07) is 2.22. The van der Waals surface area contributed by atoms with E-state index in [9.17, 15) is 13.6 Å². The normalized spacial score (nSPS) is 11.1. The maximum atomic E-state index is 13.6. The highest BCUT2D eigenvalue weighted by Gasteiger charge is 2.15. The standard InChI is InChI=1S/C14H12F2O/c1-4-6-10(5-2)11-7-12(15)14(9(3)17)13(16)8-11/h4-8H,1-2H2,3H3/b10-6+. The number of benzene rings is 1. The quantitative estimate of drug-likeness (QED) is 0.570. The first-order valence-corrected chi connectivity index (χ1v) is 4.96. The summed E-state index contributed by atoms with van der Waals surface area (Å²) >= 11 is 0. The number of hydrogen-bond donors (Lipinski definition) is 0. The molecule has 1 aromatic rings. The van der Waals surface area contributed by atoms with Crippen LogP contribution in [-0.2, 0) is 0 Å². The van der Waals surface area contributed by atoms with Crippen LogP contribution in [-0.4, -0.2) is 5.78 Å². The SMILES string of the molecule is C=C/C=C(\C=C)c1cc(F)c(C(C)=O)c(F)c1. The van der Waals surface area contributed by atoms with Crippen LogP contribution in [0.2, 0.25) is 0 Å². The number of carbonyl (C=O) groups excluding carboxylic acids is 1. The second kappa shape index (κ2) is 5.34. The number of rotatable bonds is 4. The van der Waals surface area contributed by atoms with Crippen LogP contribution < -0.4 is 0 Å². The van der Waals surface area contributed by atoms with E-state index in [1.165, 1.54) is 12.2 Å². The number of Topliss-reactive ketones (excluding diaryl/α,β-unsaturated/α-hetero) is 1. The molecule has 0 aliphatic carbocycles. The highest BCUT2D eigenvalue weighted by molar-refractivity contribution is 5.95. The second-order valence-corrected chi connectivity index (χ2v) is 3.43. The van der Waals surface area contributed by atoms with Crippen molar-refractivity contribution in [3.8, 4) is 0 Å². The Balaban J connectivity index is 3.41. The van der Waals surface area contributed by atoms with Gasteiger partial charge < -0.3 is 0 Å². The molecule has 0 radical (unpaired) electrons. The molecule has 0 spiro atoms. The van der Waals surface area contributed by atoms with E-state index < -0.39 is 23.0 Å². The van der Waals surface area contributed by atoms with Gasteiger partial charge in [-0.25, -0.2) is 8.78 Å². The van der Waals surface area contributed by atoms with Crippen molar-refractivity contribution < 1.29 is 13.6 Å². The van der Waals surface area contributed by atoms with E-state index in [2.05, 4.69) is 13.2 Å². The van der Waals surface area contributed by atoms with E-state index in [0.29, 0.717) is 11.1 Å². The Hall–Kier alpha value is -2.03. The molecular weight excluding hydrogens is 222 g/mol. The highest BCUT2D eigenvalue weighted by Crippen LogP contribution is 2.22. The molecule has 0 aliphatic heterocycles. The topological polar surface area (TPSA) is 17.1 Å². The molecule has 0 heterocycles. The van der Waals surface area contributed by atoms with Crippen molar-refractivity contribution >= 4 is 11.4 Å². The molecule has 0 aromatic heterocycles. The van der Waals surface area contributed by atoms with E-state index in [0.717, 1.165) is 19.1 Å². The summed E-state index contributed by atoms with van der Waals surface area (Å²) in [5.74, 6) is -2.38. The molecule has 0 aliphatic rings. The van der Waals surface area contributed by atoms with Gasteiger partial charge in [0.2, 0.25) is 0 Å². The monoisotopic (exact) mass is 234 g/mol. The summed E-state index contributed by atoms with van der Waals surface area (Å²) in [6.07, 6.45) is 4.53. The lowest BCUT2D eigenvalue weighted by atomic mass is 10.0. The Labute approximate surface area is 98.8 Å². The second-order valence-electron chi connectivity index (χ2n) is 3.43. The van der Waals surface area contributed by atoms with Gasteiger partial charge in [0.05, 0.1) is 5.56 Å². The van der Waals surface area contributed by atoms with Gasteiger partial charge in [-0.2, -0.15) is 0 Å². The number of halogens is 2. The lowest BCUT2D eigenvalue weighted by Gasteiger charge is -2.06. The van der Waals surface area contributed by atoms with Crippen LogP contribution >= 0.6 is 0 Å². The number of carbonyl (C=O) groups is 1. The summed E-state index contributed by atoms with van der Waals surface area (Å²) < 4.78 is 27.1. The minimum absolute atomic E-state index is 0.319. The van der Waals surface area contributed by atoms with Crippen molar-refractivity contribution in [2.45, 2.75) is 6.92 Å². The average Bonchev–Trinajstić information content (AvgIpc) is 2.24. The maximum absolute atomic E-state index is 13.6. The first-order valence-electron chi connectivity index (χ1n) is 4.96. The molecule has 0 bridgehead atoms. The zero-order chi connectivity index (χ0) is 13.0. The Kier molecular flexibility index (Phi) is 4.10. The maximum Gasteiger partial charge on any atom is 0.165 e. The molecule has 0 saturated heterocycles. The van der Waals surface area contributed by atoms with Gasteiger partial charge in [0.1, 0.15) is 11.6 Å². The molecule has 1 aromatic carbocycles. The lowest BCUT2D eigenvalue weighted by molar-refractivity contribution is 0.101. The average molecular weight is 234 g/mol. The predicted octanol–water partition coefficient (Wildman–Crippen LogP) is 3.92. The molecule has 0 N–H and O–H groups in total. The Morgan fingerprint density at radius 2 is 1.76 bits per heavy atom. The molecule has 3 heteroatoms. The third-order valence-corrected chi connectivity index (χ3v) is 2.24. The molecule has 0 fully saturated rings. The fourth-order valence-corrected chi connectivity index (χ4v) is 1.49. The van der Waals surface area contributed by atoms with Gasteiger partial charge in [0.15, 0.2) is 5.78 Å². The van der Waals surface area contributed by atoms with Crippen molar-refractivity contribution in [3.05, 3.63) is 66.3 Å². The van der Waals surface area contributed by atoms with E-state index in [4.69, 9.17) is 0 Å². The summed E-state index contributed by atoms with van der Waals surface area (Å²) in [5.41, 5.74) is 0.337. The molecule has 0 unspecified atom stereocenters. The fourth-order valence-electron chi connectivity index (χ4n) is 1.49. The van der Waals surface area contributed by atoms with Gasteiger partial charge in [-0.1, -0.05) is 31.4 Å². The summed E-state index contributed by atoms with van der Waals surface area (Å²) in [4.78, 5) is 11.0. The largest absolute Gasteiger partial charge is 0.294 e. The minimum atomic E-state index is -0.871. The van der Waals surface area contributed by atoms with Gasteiger partial charge in [0, 0.05) is 0 Å². The van der Waals surface area contributed by atoms with E-state index >= 15 is 0 Å². The van der Waals surface area contributed by atoms with Crippen LogP contribution in [0, 0.1) is 11.6 Å². The molecule has 0 saturated carbocycles. The third kappa shape index (κ3) is 2.75. The first kappa shape index (κ1) is 13.0. The van der Waals surface area contributed by atoms with Crippen molar-refractivity contribution in [2.75, 3.05) is 0 Å². The van der Waals surface area contributed by atoms with Crippen molar-refractivity contribution in [3.63, 3.8) is 0 Å². The van der Waals surface area contributed by atoms with Gasteiger partial charge in [0.25, 0.3) is 0 Å². The molecule has 17 heavy (non-hydrogen) atoms. The van der Waals surface area contributed by atoms with Crippen molar-refractivity contribution in [2.24, 2.45) is 0 Å². The van der Waals surface area contributed by atoms with Crippen LogP contribution in [0.3, 0.4) is 0 Å². The van der Waals surface area contributed by atoms with Gasteiger partial charge in [-0.05, 0) is 30.2 Å². The van der Waals surface area contributed by atoms with Crippen LogP contribution in [0.15, 0.2) is 43.5 Å². The van der Waals surface area contributed by atoms with Crippen LogP contribution in [0.1, 0.15) is 22.8 Å². The van der Waals surface area contributed by atoms with Crippen molar-refractivity contribution in [1.29, 1.82) is 0 Å². The van der Waals surface area contributed by atoms with Gasteiger partial charge in [-0.3, -0.25) is 4.79 Å². The highest BCUT2D eigenvalue weighted by atomic mass is 19.1. The summed E-state index contributed by atoms with van der Waals surface area (Å²) in [5, 5.41) is 0. The number of hydrogen-bond acceptors (Lipinski definition) is 1. The van der Waals surface area contributed by atoms with E-state index in [-0.39, 0.29) is 0 Å². The minimum Gasteiger partial charge on any atom is -0.294 e. The third-order valence-electron chi connectivity index (χ3n) is 2.24. The van der Waals surface area contributed by atoms with Crippen LogP contribution in [0.5, 0.6) is 0 Å². The Morgan fingerprint density at radius 1 is 1.24 bits per heavy atom. The smallest absolute Gasteiger partial charge is 0.165 e. The fraction of sp³-hybridized carbons (Fsp3) is 0.0714. The zero-order valence-corrected chi connectivity index (χ0v) is 9.47. The van der Waals surface area contributed by atoms with E-state index in [1.54, 1.807) is 6.08 Å². The predicted molar refractivity (Wildman–Crippen MR) is 64.7 cm³/mol. The number of allylic oxidation sites excluding steroid dienone is 4. The molecule has 0 atom stereocenters. The molecule has 1 nitrogen and oxygen atoms in total. The Bertz CT molecular complexity index is 490. The number of ketones is 1. The zero-order valence-electron chi connectivity index (χ0n) is 9.47. The molecule has 0 amide bonds. The first-order chi connectivity index (χ1) is 8.01. The summed E-state index contributed by atoms with van der Waals surface area (Å²) in [6.45, 7) is 8.16. The van der Waals surface area contributed by atoms with Crippen molar-refractivity contribution in [1.82, 2.24) is 0 Å². The van der Waals surface area contributed by atoms with Gasteiger partial charge in [-0.15, -0.1) is 0 Å². The lowest BCUT2D eigenvalue weighted by Crippen LogP contribution is -2.02. The molecular formula is C14H12F2O. The molecule has 1 rings (SSSR count). The van der Waals surface area contributed by atoms with E-state index in [1.807, 2.05) is 0 Å². The molecule has 88 valence electrons.